The highest BCUT2D eigenvalue weighted by atomic mass is 16.5. The summed E-state index contributed by atoms with van der Waals surface area (Å²) in [5.74, 6) is 0.0734. The lowest BCUT2D eigenvalue weighted by Crippen LogP contribution is -2.43. The fourth-order valence-electron chi connectivity index (χ4n) is 3.05. The van der Waals surface area contributed by atoms with Crippen molar-refractivity contribution in [2.45, 2.75) is 32.4 Å². The molecule has 0 spiro atoms. The van der Waals surface area contributed by atoms with E-state index in [0.717, 1.165) is 19.6 Å². The SMILES string of the molecule is CCN1CCCC1CN(Cc1ccccc1)C(=O)COC. The molecule has 1 aromatic carbocycles. The van der Waals surface area contributed by atoms with E-state index < -0.39 is 0 Å². The molecule has 1 unspecified atom stereocenters. The number of methoxy groups -OCH3 is 1. The van der Waals surface area contributed by atoms with Crippen LogP contribution in [-0.2, 0) is 16.1 Å². The molecule has 1 fully saturated rings. The van der Waals surface area contributed by atoms with Crippen molar-refractivity contribution in [3.8, 4) is 0 Å². The highest BCUT2D eigenvalue weighted by molar-refractivity contribution is 5.77. The number of benzene rings is 1. The Morgan fingerprint density at radius 2 is 2.14 bits per heavy atom. The van der Waals surface area contributed by atoms with Gasteiger partial charge >= 0.3 is 0 Å². The lowest BCUT2D eigenvalue weighted by Gasteiger charge is -2.30. The summed E-state index contributed by atoms with van der Waals surface area (Å²) >= 11 is 0. The molecule has 1 aliphatic heterocycles. The molecule has 0 bridgehead atoms. The van der Waals surface area contributed by atoms with Crippen molar-refractivity contribution in [1.82, 2.24) is 9.80 Å². The van der Waals surface area contributed by atoms with E-state index in [1.54, 1.807) is 7.11 Å². The van der Waals surface area contributed by atoms with Gasteiger partial charge in [-0.05, 0) is 31.5 Å². The second kappa shape index (κ2) is 8.15. The number of nitrogens with zero attached hydrogens (tertiary/aromatic N) is 2. The number of ether oxygens (including phenoxy) is 1. The molecule has 1 heterocycles. The number of likely N-dealkylation sites (N-methyl/N-ethyl adjacent to an activating group) is 1. The summed E-state index contributed by atoms with van der Waals surface area (Å²) in [5.41, 5.74) is 1.17. The summed E-state index contributed by atoms with van der Waals surface area (Å²) in [6.45, 7) is 6.02. The minimum absolute atomic E-state index is 0.0734. The zero-order valence-corrected chi connectivity index (χ0v) is 13.1. The van der Waals surface area contributed by atoms with E-state index in [9.17, 15) is 4.79 Å². The van der Waals surface area contributed by atoms with E-state index in [4.69, 9.17) is 4.74 Å². The Hall–Kier alpha value is -1.39. The fourth-order valence-corrected chi connectivity index (χ4v) is 3.05. The molecular weight excluding hydrogens is 264 g/mol. The molecule has 0 N–H and O–H groups in total. The highest BCUT2D eigenvalue weighted by Crippen LogP contribution is 2.19. The topological polar surface area (TPSA) is 32.8 Å². The van der Waals surface area contributed by atoms with E-state index >= 15 is 0 Å². The van der Waals surface area contributed by atoms with Gasteiger partial charge in [-0.2, -0.15) is 0 Å². The fraction of sp³-hybridized carbons (Fsp3) is 0.588. The largest absolute Gasteiger partial charge is 0.375 e. The molecule has 2 rings (SSSR count). The first kappa shape index (κ1) is 16.0. The number of carbonyl (C=O) groups excluding carboxylic acids is 1. The predicted octanol–water partition coefficient (Wildman–Crippen LogP) is 2.15. The number of amides is 1. The number of hydrogen-bond donors (Lipinski definition) is 0. The Morgan fingerprint density at radius 3 is 2.81 bits per heavy atom. The van der Waals surface area contributed by atoms with Crippen LogP contribution in [0.5, 0.6) is 0 Å². The van der Waals surface area contributed by atoms with Crippen LogP contribution in [0.2, 0.25) is 0 Å². The van der Waals surface area contributed by atoms with Gasteiger partial charge in [0.05, 0.1) is 0 Å². The van der Waals surface area contributed by atoms with Gasteiger partial charge in [0.2, 0.25) is 5.91 Å². The van der Waals surface area contributed by atoms with Crippen molar-refractivity contribution < 1.29 is 9.53 Å². The predicted molar refractivity (Wildman–Crippen MR) is 84.0 cm³/mol. The van der Waals surface area contributed by atoms with Crippen molar-refractivity contribution in [2.75, 3.05) is 33.4 Å². The molecule has 1 saturated heterocycles. The first-order valence-electron chi connectivity index (χ1n) is 7.79. The van der Waals surface area contributed by atoms with Gasteiger partial charge in [0.1, 0.15) is 6.61 Å². The van der Waals surface area contributed by atoms with Crippen LogP contribution in [0.3, 0.4) is 0 Å². The van der Waals surface area contributed by atoms with Crippen LogP contribution in [0, 0.1) is 0 Å². The molecule has 4 heteroatoms. The van der Waals surface area contributed by atoms with Crippen LogP contribution in [0.4, 0.5) is 0 Å². The van der Waals surface area contributed by atoms with E-state index in [2.05, 4.69) is 24.0 Å². The third kappa shape index (κ3) is 4.55. The van der Waals surface area contributed by atoms with Crippen molar-refractivity contribution in [3.63, 3.8) is 0 Å². The highest BCUT2D eigenvalue weighted by Gasteiger charge is 2.27. The number of carbonyl (C=O) groups is 1. The molecular formula is C17H26N2O2. The maximum Gasteiger partial charge on any atom is 0.248 e. The summed E-state index contributed by atoms with van der Waals surface area (Å²) in [6.07, 6.45) is 2.41. The molecule has 0 aliphatic carbocycles. The quantitative estimate of drug-likeness (QED) is 0.771. The van der Waals surface area contributed by atoms with Crippen molar-refractivity contribution >= 4 is 5.91 Å². The van der Waals surface area contributed by atoms with E-state index in [0.29, 0.717) is 12.6 Å². The van der Waals surface area contributed by atoms with Gasteiger partial charge in [-0.3, -0.25) is 9.69 Å². The minimum Gasteiger partial charge on any atom is -0.375 e. The average molecular weight is 290 g/mol. The van der Waals surface area contributed by atoms with Crippen LogP contribution in [-0.4, -0.2) is 55.1 Å². The first-order valence-corrected chi connectivity index (χ1v) is 7.79. The Bertz CT molecular complexity index is 436. The van der Waals surface area contributed by atoms with Gasteiger partial charge in [0, 0.05) is 26.2 Å². The second-order valence-corrected chi connectivity index (χ2v) is 5.62. The Labute approximate surface area is 127 Å². The van der Waals surface area contributed by atoms with Crippen LogP contribution in [0.1, 0.15) is 25.3 Å². The molecule has 0 saturated carbocycles. The molecule has 21 heavy (non-hydrogen) atoms. The van der Waals surface area contributed by atoms with Gasteiger partial charge in [-0.15, -0.1) is 0 Å². The number of rotatable bonds is 7. The lowest BCUT2D eigenvalue weighted by atomic mass is 10.1. The van der Waals surface area contributed by atoms with Crippen LogP contribution in [0.15, 0.2) is 30.3 Å². The lowest BCUT2D eigenvalue weighted by molar-refractivity contribution is -0.136. The van der Waals surface area contributed by atoms with Gasteiger partial charge in [-0.1, -0.05) is 37.3 Å². The normalized spacial score (nSPS) is 18.9. The van der Waals surface area contributed by atoms with Gasteiger partial charge in [-0.25, -0.2) is 0 Å². The van der Waals surface area contributed by atoms with Crippen molar-refractivity contribution in [3.05, 3.63) is 35.9 Å². The number of hydrogen-bond acceptors (Lipinski definition) is 3. The second-order valence-electron chi connectivity index (χ2n) is 5.62. The van der Waals surface area contributed by atoms with Gasteiger partial charge in [0.25, 0.3) is 0 Å². The van der Waals surface area contributed by atoms with Crippen molar-refractivity contribution in [2.24, 2.45) is 0 Å². The van der Waals surface area contributed by atoms with E-state index in [1.165, 1.54) is 18.4 Å². The monoisotopic (exact) mass is 290 g/mol. The summed E-state index contributed by atoms with van der Waals surface area (Å²) in [6, 6.07) is 10.7. The molecule has 116 valence electrons. The molecule has 1 amide bonds. The summed E-state index contributed by atoms with van der Waals surface area (Å²) < 4.78 is 5.04. The smallest absolute Gasteiger partial charge is 0.248 e. The summed E-state index contributed by atoms with van der Waals surface area (Å²) in [7, 11) is 1.58. The maximum atomic E-state index is 12.3. The molecule has 4 nitrogen and oxygen atoms in total. The minimum atomic E-state index is 0.0734. The van der Waals surface area contributed by atoms with Crippen LogP contribution >= 0.6 is 0 Å². The third-order valence-electron chi connectivity index (χ3n) is 4.17. The molecule has 1 aromatic rings. The van der Waals surface area contributed by atoms with Crippen LogP contribution < -0.4 is 0 Å². The Morgan fingerprint density at radius 1 is 1.38 bits per heavy atom. The van der Waals surface area contributed by atoms with Crippen molar-refractivity contribution in [1.29, 1.82) is 0 Å². The molecule has 1 aliphatic rings. The zero-order valence-electron chi connectivity index (χ0n) is 13.1. The van der Waals surface area contributed by atoms with Gasteiger partial charge in [0.15, 0.2) is 0 Å². The zero-order chi connectivity index (χ0) is 15.1. The Kier molecular flexibility index (Phi) is 6.21. The van der Waals surface area contributed by atoms with E-state index in [-0.39, 0.29) is 12.5 Å². The average Bonchev–Trinajstić information content (AvgIpc) is 2.95. The Balaban J connectivity index is 2.03. The first-order chi connectivity index (χ1) is 10.2. The van der Waals surface area contributed by atoms with E-state index in [1.807, 2.05) is 23.1 Å². The van der Waals surface area contributed by atoms with Gasteiger partial charge < -0.3 is 9.64 Å². The summed E-state index contributed by atoms with van der Waals surface area (Å²) in [4.78, 5) is 16.7. The maximum absolute atomic E-state index is 12.3. The standard InChI is InChI=1S/C17H26N2O2/c1-3-18-11-7-10-16(18)13-19(17(20)14-21-2)12-15-8-5-4-6-9-15/h4-6,8-9,16H,3,7,10-14H2,1-2H3. The molecule has 0 radical (unpaired) electrons. The van der Waals surface area contributed by atoms with Crippen LogP contribution in [0.25, 0.3) is 0 Å². The third-order valence-corrected chi connectivity index (χ3v) is 4.17. The summed E-state index contributed by atoms with van der Waals surface area (Å²) in [5, 5.41) is 0. The molecule has 0 aromatic heterocycles. The molecule has 1 atom stereocenters. The number of likely N-dealkylation sites (tertiary alicyclic amines) is 1.